The van der Waals surface area contributed by atoms with Crippen LogP contribution in [0, 0.1) is 0 Å². The van der Waals surface area contributed by atoms with Gasteiger partial charge < -0.3 is 34.2 Å². The number of para-hydroxylation sites is 2. The fourth-order valence-electron chi connectivity index (χ4n) is 8.43. The fraction of sp³-hybridized carbons (Fsp3) is 0.0625. The van der Waals surface area contributed by atoms with Crippen molar-refractivity contribution in [3.05, 3.63) is 276 Å². The average molecular weight is 961 g/mol. The van der Waals surface area contributed by atoms with E-state index in [1.54, 1.807) is 24.3 Å². The van der Waals surface area contributed by atoms with Crippen LogP contribution in [0.2, 0.25) is 0 Å². The minimum Gasteiger partial charge on any atom is -0.508 e. The maximum atomic E-state index is 12.5. The second-order valence-corrected chi connectivity index (χ2v) is 16.9. The van der Waals surface area contributed by atoms with Gasteiger partial charge in [-0.15, -0.1) is 0 Å². The second-order valence-electron chi connectivity index (χ2n) is 16.9. The minimum atomic E-state index is -1.16. The topological polar surface area (TPSA) is 109 Å². The van der Waals surface area contributed by atoms with Crippen LogP contribution in [0.4, 0.5) is 38.9 Å². The number of ether oxygens (including phenoxy) is 3. The molecular weight excluding hydrogens is 909 g/mol. The maximum Gasteiger partial charge on any atom is 0.514 e. The Morgan fingerprint density at radius 2 is 0.808 bits per heavy atom. The van der Waals surface area contributed by atoms with Gasteiger partial charge in [0.15, 0.2) is 12.4 Å². The first-order chi connectivity index (χ1) is 35.9. The Kier molecular flexibility index (Phi) is 16.0. The quantitative estimate of drug-likeness (QED) is 0.0269. The van der Waals surface area contributed by atoms with E-state index < -0.39 is 12.3 Å². The van der Waals surface area contributed by atoms with E-state index in [2.05, 4.69) is 155 Å². The molecule has 1 atom stereocenters. The minimum absolute atomic E-state index is 0.0143. The Balaban J connectivity index is 0.983. The van der Waals surface area contributed by atoms with Gasteiger partial charge in [0.2, 0.25) is 0 Å². The number of carbonyl (C=O) groups is 2. The van der Waals surface area contributed by atoms with E-state index in [0.29, 0.717) is 6.29 Å². The van der Waals surface area contributed by atoms with Gasteiger partial charge in [0, 0.05) is 34.1 Å². The highest BCUT2D eigenvalue weighted by Crippen LogP contribution is 2.38. The molecule has 9 aromatic rings. The second kappa shape index (κ2) is 24.0. The highest BCUT2D eigenvalue weighted by Gasteiger charge is 2.18. The number of aliphatic hydroxyl groups is 1. The molecule has 0 spiro atoms. The molecule has 9 nitrogen and oxygen atoms in total. The molecule has 0 saturated heterocycles. The molecule has 360 valence electrons. The molecule has 0 fully saturated rings. The molecule has 2 N–H and O–H groups in total. The van der Waals surface area contributed by atoms with Gasteiger partial charge in [-0.3, -0.25) is 4.79 Å². The van der Waals surface area contributed by atoms with Crippen molar-refractivity contribution in [3.63, 3.8) is 0 Å². The third kappa shape index (κ3) is 12.6. The Bertz CT molecular complexity index is 3240. The van der Waals surface area contributed by atoms with Crippen molar-refractivity contribution in [2.24, 2.45) is 0 Å². The van der Waals surface area contributed by atoms with Crippen molar-refractivity contribution in [2.75, 3.05) is 29.6 Å². The fourth-order valence-corrected chi connectivity index (χ4v) is 8.43. The summed E-state index contributed by atoms with van der Waals surface area (Å²) in [4.78, 5) is 28.2. The Morgan fingerprint density at radius 3 is 1.21 bits per heavy atom. The third-order valence-electron chi connectivity index (χ3n) is 12.0. The lowest BCUT2D eigenvalue weighted by Gasteiger charge is -2.25. The molecule has 9 aromatic carbocycles. The molecule has 0 bridgehead atoms. The predicted octanol–water partition coefficient (Wildman–Crippen LogP) is 14.6. The number of aliphatic hydroxyl groups excluding tert-OH is 1. The molecule has 0 heterocycles. The number of anilines is 6. The van der Waals surface area contributed by atoms with Gasteiger partial charge in [-0.05, 0) is 154 Å². The van der Waals surface area contributed by atoms with Crippen LogP contribution in [0.15, 0.2) is 243 Å². The molecule has 1 unspecified atom stereocenters. The Labute approximate surface area is 425 Å². The Hall–Kier alpha value is -9.28. The normalized spacial score (nSPS) is 11.8. The van der Waals surface area contributed by atoms with Gasteiger partial charge in [0.25, 0.3) is 0 Å². The first-order valence-corrected chi connectivity index (χ1v) is 23.9. The number of carbonyl (C=O) groups excluding carboxylic acids is 2. The summed E-state index contributed by atoms with van der Waals surface area (Å²) in [6, 6.07) is 81.0. The zero-order chi connectivity index (χ0) is 50.2. The predicted molar refractivity (Wildman–Crippen MR) is 292 cm³/mol. The SMILES string of the molecule is O=CC(COCCO)OC(=O)Oc1ccc(N(c2ccccc2)c2ccc(C=C(c3ccccc3)c3ccc(C(=Cc4ccc(N(c5ccccc5)c5ccc(O)cc5)cc4)c4ccccc4)cc3)cc2)cc1. The van der Waals surface area contributed by atoms with Crippen LogP contribution in [-0.2, 0) is 14.3 Å². The van der Waals surface area contributed by atoms with Crippen LogP contribution in [0.3, 0.4) is 0 Å². The van der Waals surface area contributed by atoms with Gasteiger partial charge in [-0.2, -0.15) is 0 Å². The zero-order valence-electron chi connectivity index (χ0n) is 39.9. The number of phenols is 1. The summed E-state index contributed by atoms with van der Waals surface area (Å²) in [6.45, 7) is -0.391. The van der Waals surface area contributed by atoms with E-state index in [0.717, 1.165) is 78.7 Å². The van der Waals surface area contributed by atoms with E-state index in [1.807, 2.05) is 84.9 Å². The molecule has 0 amide bonds. The van der Waals surface area contributed by atoms with Gasteiger partial charge in [0.05, 0.1) is 19.8 Å². The molecule has 0 saturated carbocycles. The zero-order valence-corrected chi connectivity index (χ0v) is 39.9. The summed E-state index contributed by atoms with van der Waals surface area (Å²) >= 11 is 0. The standard InChI is InChI=1S/C64H52N2O7/c67-41-42-71-46-61(45-68)73-64(70)72-60-39-35-58(36-40-60)66(54-19-11-4-12-20-54)56-31-23-48(24-32-56)44-63(50-15-7-2-8-16-50)52-27-25-51(26-28-52)62(49-13-5-1-6-14-49)43-47-21-29-55(30-22-47)65(53-17-9-3-10-18-53)57-33-37-59(69)38-34-57/h1-40,43-45,61,67,69H,41-42,46H2. The number of nitrogens with zero attached hydrogens (tertiary/aromatic N) is 2. The van der Waals surface area contributed by atoms with Crippen molar-refractivity contribution in [1.82, 2.24) is 0 Å². The number of aromatic hydroxyl groups is 1. The van der Waals surface area contributed by atoms with Crippen LogP contribution in [0.5, 0.6) is 11.5 Å². The third-order valence-corrected chi connectivity index (χ3v) is 12.0. The van der Waals surface area contributed by atoms with Crippen LogP contribution < -0.4 is 14.5 Å². The first kappa shape index (κ1) is 48.7. The van der Waals surface area contributed by atoms with Gasteiger partial charge in [0.1, 0.15) is 11.5 Å². The number of benzene rings is 9. The van der Waals surface area contributed by atoms with E-state index in [-0.39, 0.29) is 31.3 Å². The molecule has 0 radical (unpaired) electrons. The molecule has 73 heavy (non-hydrogen) atoms. The summed E-state index contributed by atoms with van der Waals surface area (Å²) in [5.41, 5.74) is 14.2. The lowest BCUT2D eigenvalue weighted by molar-refractivity contribution is -0.119. The average Bonchev–Trinajstić information content (AvgIpc) is 3.44. The molecule has 0 aliphatic rings. The number of hydrogen-bond acceptors (Lipinski definition) is 9. The molecule has 0 aliphatic carbocycles. The molecule has 0 aromatic heterocycles. The summed E-state index contributed by atoms with van der Waals surface area (Å²) in [5, 5.41) is 19.0. The Morgan fingerprint density at radius 1 is 0.452 bits per heavy atom. The molecule has 9 rings (SSSR count). The highest BCUT2D eigenvalue weighted by atomic mass is 16.7. The number of phenolic OH excluding ortho intramolecular Hbond substituents is 1. The highest BCUT2D eigenvalue weighted by molar-refractivity contribution is 5.95. The smallest absolute Gasteiger partial charge is 0.508 e. The molecule has 0 aliphatic heterocycles. The summed E-state index contributed by atoms with van der Waals surface area (Å²) in [7, 11) is 0. The summed E-state index contributed by atoms with van der Waals surface area (Å²) in [6.07, 6.45) is 2.70. The lowest BCUT2D eigenvalue weighted by Crippen LogP contribution is -2.27. The van der Waals surface area contributed by atoms with Crippen LogP contribution >= 0.6 is 0 Å². The van der Waals surface area contributed by atoms with Crippen LogP contribution in [0.1, 0.15) is 33.4 Å². The number of aldehydes is 1. The maximum absolute atomic E-state index is 12.5. The van der Waals surface area contributed by atoms with Crippen molar-refractivity contribution >= 4 is 69.9 Å². The van der Waals surface area contributed by atoms with Gasteiger partial charge in [-0.25, -0.2) is 4.79 Å². The molecule has 9 heteroatoms. The van der Waals surface area contributed by atoms with Crippen molar-refractivity contribution in [3.8, 4) is 11.5 Å². The van der Waals surface area contributed by atoms with Crippen molar-refractivity contribution in [2.45, 2.75) is 6.10 Å². The largest absolute Gasteiger partial charge is 0.514 e. The van der Waals surface area contributed by atoms with Gasteiger partial charge in [-0.1, -0.05) is 146 Å². The summed E-state index contributed by atoms with van der Waals surface area (Å²) < 4.78 is 15.6. The van der Waals surface area contributed by atoms with E-state index in [4.69, 9.17) is 19.3 Å². The van der Waals surface area contributed by atoms with E-state index in [1.165, 1.54) is 0 Å². The lowest BCUT2D eigenvalue weighted by atomic mass is 9.91. The number of hydrogen-bond donors (Lipinski definition) is 2. The van der Waals surface area contributed by atoms with E-state index in [9.17, 15) is 14.7 Å². The first-order valence-electron chi connectivity index (χ1n) is 23.9. The number of rotatable bonds is 19. The van der Waals surface area contributed by atoms with Crippen LogP contribution in [0.25, 0.3) is 23.3 Å². The van der Waals surface area contributed by atoms with E-state index >= 15 is 0 Å². The monoisotopic (exact) mass is 960 g/mol. The van der Waals surface area contributed by atoms with Crippen molar-refractivity contribution in [1.29, 1.82) is 0 Å². The van der Waals surface area contributed by atoms with Crippen molar-refractivity contribution < 1.29 is 34.0 Å². The van der Waals surface area contributed by atoms with Crippen LogP contribution in [-0.4, -0.2) is 48.6 Å². The van der Waals surface area contributed by atoms with Gasteiger partial charge >= 0.3 is 6.16 Å². The summed E-state index contributed by atoms with van der Waals surface area (Å²) in [5.74, 6) is 0.459. The molecular formula is C64H52N2O7.